The van der Waals surface area contributed by atoms with Crippen molar-refractivity contribution in [2.24, 2.45) is 5.92 Å². The lowest BCUT2D eigenvalue weighted by atomic mass is 10.2. The number of carbonyl (C=O) groups is 2. The van der Waals surface area contributed by atoms with Gasteiger partial charge in [0.1, 0.15) is 5.56 Å². The van der Waals surface area contributed by atoms with Gasteiger partial charge in [0.05, 0.1) is 6.61 Å². The number of aromatic nitrogens is 1. The van der Waals surface area contributed by atoms with E-state index in [2.05, 4.69) is 15.6 Å². The Balaban J connectivity index is 2.45. The second-order valence-electron chi connectivity index (χ2n) is 4.49. The molecular formula is C14H21N3O3. The zero-order valence-corrected chi connectivity index (χ0v) is 12.1. The van der Waals surface area contributed by atoms with Gasteiger partial charge in [-0.3, -0.25) is 9.59 Å². The molecule has 1 heterocycles. The number of carbonyl (C=O) groups excluding carboxylic acids is 2. The van der Waals surface area contributed by atoms with E-state index < -0.39 is 0 Å². The molecule has 0 saturated carbocycles. The smallest absolute Gasteiger partial charge is 0.256 e. The van der Waals surface area contributed by atoms with E-state index in [0.717, 1.165) is 0 Å². The first-order valence-corrected chi connectivity index (χ1v) is 6.70. The summed E-state index contributed by atoms with van der Waals surface area (Å²) in [7, 11) is 0. The van der Waals surface area contributed by atoms with Gasteiger partial charge in [-0.1, -0.05) is 13.8 Å². The van der Waals surface area contributed by atoms with Crippen LogP contribution in [0, 0.1) is 5.92 Å². The van der Waals surface area contributed by atoms with Gasteiger partial charge in [0.25, 0.3) is 5.91 Å². The molecule has 0 aromatic carbocycles. The van der Waals surface area contributed by atoms with Crippen LogP contribution in [-0.2, 0) is 4.79 Å². The minimum absolute atomic E-state index is 0.0318. The molecule has 2 amide bonds. The van der Waals surface area contributed by atoms with Crippen LogP contribution >= 0.6 is 0 Å². The Morgan fingerprint density at radius 3 is 2.65 bits per heavy atom. The number of hydrogen-bond donors (Lipinski definition) is 2. The van der Waals surface area contributed by atoms with Gasteiger partial charge in [-0.2, -0.15) is 0 Å². The van der Waals surface area contributed by atoms with Crippen molar-refractivity contribution in [3.63, 3.8) is 0 Å². The Morgan fingerprint density at radius 1 is 1.30 bits per heavy atom. The zero-order valence-electron chi connectivity index (χ0n) is 12.1. The molecule has 0 aliphatic heterocycles. The van der Waals surface area contributed by atoms with Crippen molar-refractivity contribution in [3.8, 4) is 5.88 Å². The van der Waals surface area contributed by atoms with Crippen LogP contribution in [0.5, 0.6) is 5.88 Å². The van der Waals surface area contributed by atoms with E-state index in [1.54, 1.807) is 18.3 Å². The predicted molar refractivity (Wildman–Crippen MR) is 75.6 cm³/mol. The first-order valence-electron chi connectivity index (χ1n) is 6.70. The fraction of sp³-hybridized carbons (Fsp3) is 0.500. The standard InChI is InChI=1S/C14H21N3O3/c1-4-20-14-11(6-5-7-17-14)13(19)16-9-8-15-12(18)10(2)3/h5-7,10H,4,8-9H2,1-3H3,(H,15,18)(H,16,19). The highest BCUT2D eigenvalue weighted by molar-refractivity contribution is 5.96. The molecule has 0 bridgehead atoms. The monoisotopic (exact) mass is 279 g/mol. The summed E-state index contributed by atoms with van der Waals surface area (Å²) in [5, 5.41) is 5.45. The van der Waals surface area contributed by atoms with Gasteiger partial charge in [0, 0.05) is 25.2 Å². The number of hydrogen-bond acceptors (Lipinski definition) is 4. The molecule has 0 fully saturated rings. The highest BCUT2D eigenvalue weighted by atomic mass is 16.5. The molecule has 0 atom stereocenters. The van der Waals surface area contributed by atoms with E-state index in [0.29, 0.717) is 31.1 Å². The van der Waals surface area contributed by atoms with E-state index >= 15 is 0 Å². The van der Waals surface area contributed by atoms with Gasteiger partial charge >= 0.3 is 0 Å². The third-order valence-corrected chi connectivity index (χ3v) is 2.53. The minimum Gasteiger partial charge on any atom is -0.477 e. The Kier molecular flexibility index (Phi) is 6.49. The van der Waals surface area contributed by atoms with Crippen LogP contribution in [0.2, 0.25) is 0 Å². The van der Waals surface area contributed by atoms with Crippen molar-refractivity contribution in [1.29, 1.82) is 0 Å². The zero-order chi connectivity index (χ0) is 15.0. The molecule has 0 spiro atoms. The maximum atomic E-state index is 12.0. The minimum atomic E-state index is -0.264. The van der Waals surface area contributed by atoms with Gasteiger partial charge in [-0.15, -0.1) is 0 Å². The number of nitrogens with one attached hydrogen (secondary N) is 2. The second-order valence-corrected chi connectivity index (χ2v) is 4.49. The summed E-state index contributed by atoms with van der Waals surface area (Å²) in [6.07, 6.45) is 1.57. The Hall–Kier alpha value is -2.11. The molecule has 20 heavy (non-hydrogen) atoms. The van der Waals surface area contributed by atoms with Crippen LogP contribution < -0.4 is 15.4 Å². The molecule has 6 nitrogen and oxygen atoms in total. The van der Waals surface area contributed by atoms with E-state index in [4.69, 9.17) is 4.74 Å². The van der Waals surface area contributed by atoms with Crippen molar-refractivity contribution in [2.45, 2.75) is 20.8 Å². The van der Waals surface area contributed by atoms with Crippen molar-refractivity contribution < 1.29 is 14.3 Å². The lowest BCUT2D eigenvalue weighted by Crippen LogP contribution is -2.36. The van der Waals surface area contributed by atoms with Crippen LogP contribution in [0.25, 0.3) is 0 Å². The van der Waals surface area contributed by atoms with Gasteiger partial charge in [0.2, 0.25) is 11.8 Å². The largest absolute Gasteiger partial charge is 0.477 e. The average Bonchev–Trinajstić information content (AvgIpc) is 2.44. The first-order chi connectivity index (χ1) is 9.56. The molecule has 0 radical (unpaired) electrons. The Labute approximate surface area is 118 Å². The van der Waals surface area contributed by atoms with E-state index in [9.17, 15) is 9.59 Å². The third kappa shape index (κ3) is 4.87. The van der Waals surface area contributed by atoms with Gasteiger partial charge in [0.15, 0.2) is 0 Å². The normalized spacial score (nSPS) is 10.2. The van der Waals surface area contributed by atoms with Crippen molar-refractivity contribution in [3.05, 3.63) is 23.9 Å². The molecule has 6 heteroatoms. The van der Waals surface area contributed by atoms with Crippen LogP contribution in [0.15, 0.2) is 18.3 Å². The number of rotatable bonds is 7. The first kappa shape index (κ1) is 15.9. The van der Waals surface area contributed by atoms with E-state index in [1.807, 2.05) is 20.8 Å². The summed E-state index contributed by atoms with van der Waals surface area (Å²) in [6.45, 7) is 6.67. The van der Waals surface area contributed by atoms with E-state index in [-0.39, 0.29) is 17.7 Å². The summed E-state index contributed by atoms with van der Waals surface area (Å²) in [6, 6.07) is 3.33. The molecular weight excluding hydrogens is 258 g/mol. The van der Waals surface area contributed by atoms with Gasteiger partial charge in [-0.25, -0.2) is 4.98 Å². The fourth-order valence-corrected chi connectivity index (χ4v) is 1.48. The molecule has 0 unspecified atom stereocenters. The molecule has 1 rings (SSSR count). The molecule has 0 aliphatic carbocycles. The summed E-state index contributed by atoms with van der Waals surface area (Å²) < 4.78 is 5.29. The SMILES string of the molecule is CCOc1ncccc1C(=O)NCCNC(=O)C(C)C. The molecule has 1 aromatic rings. The summed E-state index contributed by atoms with van der Waals surface area (Å²) >= 11 is 0. The van der Waals surface area contributed by atoms with Crippen LogP contribution in [-0.4, -0.2) is 36.5 Å². The second kappa shape index (κ2) is 8.14. The Bertz CT molecular complexity index is 461. The number of nitrogens with zero attached hydrogens (tertiary/aromatic N) is 1. The van der Waals surface area contributed by atoms with Gasteiger partial charge < -0.3 is 15.4 Å². The lowest BCUT2D eigenvalue weighted by Gasteiger charge is -2.10. The van der Waals surface area contributed by atoms with Crippen LogP contribution in [0.4, 0.5) is 0 Å². The number of amides is 2. The van der Waals surface area contributed by atoms with Crippen LogP contribution in [0.3, 0.4) is 0 Å². The topological polar surface area (TPSA) is 80.3 Å². The van der Waals surface area contributed by atoms with Crippen molar-refractivity contribution >= 4 is 11.8 Å². The maximum Gasteiger partial charge on any atom is 0.256 e. The summed E-state index contributed by atoms with van der Waals surface area (Å²) in [5.74, 6) is -0.0386. The molecule has 2 N–H and O–H groups in total. The molecule has 0 aliphatic rings. The lowest BCUT2D eigenvalue weighted by molar-refractivity contribution is -0.123. The molecule has 0 saturated heterocycles. The highest BCUT2D eigenvalue weighted by Crippen LogP contribution is 2.13. The van der Waals surface area contributed by atoms with Crippen LogP contribution in [0.1, 0.15) is 31.1 Å². The molecule has 1 aromatic heterocycles. The predicted octanol–water partition coefficient (Wildman–Crippen LogP) is 0.982. The fourth-order valence-electron chi connectivity index (χ4n) is 1.48. The highest BCUT2D eigenvalue weighted by Gasteiger charge is 2.12. The summed E-state index contributed by atoms with van der Waals surface area (Å²) in [4.78, 5) is 27.3. The van der Waals surface area contributed by atoms with Crippen molar-refractivity contribution in [1.82, 2.24) is 15.6 Å². The number of pyridine rings is 1. The Morgan fingerprint density at radius 2 is 2.00 bits per heavy atom. The van der Waals surface area contributed by atoms with E-state index in [1.165, 1.54) is 0 Å². The molecule has 110 valence electrons. The average molecular weight is 279 g/mol. The third-order valence-electron chi connectivity index (χ3n) is 2.53. The van der Waals surface area contributed by atoms with Gasteiger partial charge in [-0.05, 0) is 19.1 Å². The number of ether oxygens (including phenoxy) is 1. The quantitative estimate of drug-likeness (QED) is 0.729. The van der Waals surface area contributed by atoms with Crippen molar-refractivity contribution in [2.75, 3.05) is 19.7 Å². The maximum absolute atomic E-state index is 12.0. The summed E-state index contributed by atoms with van der Waals surface area (Å²) in [5.41, 5.74) is 0.393.